The second kappa shape index (κ2) is 8.83. The van der Waals surface area contributed by atoms with Gasteiger partial charge < -0.3 is 0 Å². The molecule has 0 spiro atoms. The van der Waals surface area contributed by atoms with Crippen LogP contribution in [0.2, 0.25) is 0 Å². The Morgan fingerprint density at radius 1 is 1.80 bits per heavy atom. The first-order valence-electron chi connectivity index (χ1n) is 1.13. The van der Waals surface area contributed by atoms with Gasteiger partial charge in [-0.15, -0.1) is 12.4 Å². The fraction of sp³-hybridized carbons (Fsp3) is 1.00. The third kappa shape index (κ3) is 11.7. The summed E-state index contributed by atoms with van der Waals surface area (Å²) >= 11 is 3.46. The van der Waals surface area contributed by atoms with E-state index in [1.807, 2.05) is 6.92 Å². The minimum atomic E-state index is 0. The van der Waals surface area contributed by atoms with Gasteiger partial charge in [0.1, 0.15) is 0 Å². The van der Waals surface area contributed by atoms with Crippen LogP contribution in [-0.2, 0) is 19.9 Å². The van der Waals surface area contributed by atoms with Crippen molar-refractivity contribution in [3.05, 3.63) is 0 Å². The Morgan fingerprint density at radius 3 is 2.00 bits per heavy atom. The maximum Gasteiger partial charge on any atom is -0.147 e. The Balaban J connectivity index is 0. The van der Waals surface area contributed by atoms with Gasteiger partial charge in [-0.25, -0.2) is 0 Å². The van der Waals surface area contributed by atoms with Crippen LogP contribution in [0, 0.1) is 0 Å². The van der Waals surface area contributed by atoms with Crippen molar-refractivity contribution in [1.82, 2.24) is 0 Å². The SMILES string of the molecule is CC[O][Co].Cl. The van der Waals surface area contributed by atoms with Crippen molar-refractivity contribution in [2.75, 3.05) is 6.61 Å². The van der Waals surface area contributed by atoms with Gasteiger partial charge in [-0.1, -0.05) is 0 Å². The molecule has 0 atom stereocenters. The van der Waals surface area contributed by atoms with Crippen LogP contribution in [0.1, 0.15) is 6.92 Å². The molecule has 0 aromatic heterocycles. The van der Waals surface area contributed by atoms with Crippen LogP contribution in [0.25, 0.3) is 0 Å². The molecule has 0 unspecified atom stereocenters. The second-order valence-electron chi connectivity index (χ2n) is 0.385. The van der Waals surface area contributed by atoms with Crippen LogP contribution in [0.15, 0.2) is 0 Å². The predicted octanol–water partition coefficient (Wildman–Crippen LogP) is 0.907. The predicted molar refractivity (Wildman–Crippen MR) is 18.9 cm³/mol. The fourth-order valence-electron chi connectivity index (χ4n) is 0. The van der Waals surface area contributed by atoms with Crippen molar-refractivity contribution >= 4 is 12.4 Å². The zero-order chi connectivity index (χ0) is 3.41. The van der Waals surface area contributed by atoms with Gasteiger partial charge >= 0.3 is 33.4 Å². The van der Waals surface area contributed by atoms with E-state index in [0.29, 0.717) is 6.61 Å². The van der Waals surface area contributed by atoms with Gasteiger partial charge in [0.25, 0.3) is 0 Å². The van der Waals surface area contributed by atoms with Crippen LogP contribution < -0.4 is 0 Å². The molecular formula is C2H6ClCoO. The molecule has 0 fully saturated rings. The van der Waals surface area contributed by atoms with Crippen molar-refractivity contribution in [2.45, 2.75) is 6.92 Å². The van der Waals surface area contributed by atoms with E-state index in [0.717, 1.165) is 0 Å². The van der Waals surface area contributed by atoms with E-state index >= 15 is 0 Å². The van der Waals surface area contributed by atoms with Gasteiger partial charge in [-0.3, -0.25) is 0 Å². The van der Waals surface area contributed by atoms with E-state index in [2.05, 4.69) is 19.9 Å². The molecule has 0 aliphatic carbocycles. The first-order chi connectivity index (χ1) is 1.91. The Bertz CT molecular complexity index is 11.6. The van der Waals surface area contributed by atoms with E-state index in [1.54, 1.807) is 0 Å². The first-order valence-corrected chi connectivity index (χ1v) is 1.56. The number of hydrogen-bond donors (Lipinski definition) is 0. The van der Waals surface area contributed by atoms with Crippen LogP contribution >= 0.6 is 12.4 Å². The van der Waals surface area contributed by atoms with E-state index in [9.17, 15) is 0 Å². The average molecular weight is 140 g/mol. The molecule has 0 radical (unpaired) electrons. The molecule has 36 valence electrons. The largest absolute Gasteiger partial charge is 0.147 e. The first kappa shape index (κ1) is 9.23. The molecule has 0 amide bonds. The Kier molecular flexibility index (Phi) is 16.3. The quantitative estimate of drug-likeness (QED) is 0.526. The van der Waals surface area contributed by atoms with Crippen molar-refractivity contribution in [1.29, 1.82) is 0 Å². The molecule has 0 aliphatic rings. The maximum atomic E-state index is 4.23. The second-order valence-corrected chi connectivity index (χ2v) is 0.685. The van der Waals surface area contributed by atoms with Crippen LogP contribution in [0.3, 0.4) is 0 Å². The molecule has 0 saturated carbocycles. The average Bonchev–Trinajstić information content (AvgIpc) is 1.37. The Morgan fingerprint density at radius 2 is 2.00 bits per heavy atom. The minimum absolute atomic E-state index is 0. The molecule has 3 heteroatoms. The Hall–Kier alpha value is 0.756. The standard InChI is InChI=1S/C2H5O.ClH.Co/c1-2-3;;/h2H2,1H3;1H;/q-1;;+1. The van der Waals surface area contributed by atoms with Gasteiger partial charge in [-0.05, 0) is 0 Å². The molecule has 0 N–H and O–H groups in total. The molecular weight excluding hydrogens is 134 g/mol. The molecule has 5 heavy (non-hydrogen) atoms. The summed E-state index contributed by atoms with van der Waals surface area (Å²) in [4.78, 5) is 0. The number of halogens is 1. The van der Waals surface area contributed by atoms with Crippen molar-refractivity contribution in [3.63, 3.8) is 0 Å². The summed E-state index contributed by atoms with van der Waals surface area (Å²) in [5, 5.41) is 0. The summed E-state index contributed by atoms with van der Waals surface area (Å²) in [6.07, 6.45) is 0. The molecule has 0 aliphatic heterocycles. The zero-order valence-corrected chi connectivity index (χ0v) is 4.71. The summed E-state index contributed by atoms with van der Waals surface area (Å²) in [6, 6.07) is 0. The number of hydrogen-bond acceptors (Lipinski definition) is 1. The third-order valence-corrected chi connectivity index (χ3v) is 0.397. The van der Waals surface area contributed by atoms with Crippen LogP contribution in [-0.4, -0.2) is 6.61 Å². The normalized spacial score (nSPS) is 6.20. The van der Waals surface area contributed by atoms with Gasteiger partial charge in [0.2, 0.25) is 0 Å². The molecule has 0 rings (SSSR count). The topological polar surface area (TPSA) is 9.23 Å². The fourth-order valence-corrected chi connectivity index (χ4v) is 0. The molecule has 0 aromatic carbocycles. The van der Waals surface area contributed by atoms with Gasteiger partial charge in [0.05, 0.1) is 0 Å². The van der Waals surface area contributed by atoms with Crippen LogP contribution in [0.4, 0.5) is 0 Å². The van der Waals surface area contributed by atoms with Crippen molar-refractivity contribution in [3.8, 4) is 0 Å². The van der Waals surface area contributed by atoms with Gasteiger partial charge in [0.15, 0.2) is 0 Å². The van der Waals surface area contributed by atoms with Gasteiger partial charge in [-0.2, -0.15) is 0 Å². The van der Waals surface area contributed by atoms with Crippen molar-refractivity contribution in [2.24, 2.45) is 0 Å². The van der Waals surface area contributed by atoms with Crippen LogP contribution in [0.5, 0.6) is 0 Å². The van der Waals surface area contributed by atoms with E-state index in [-0.39, 0.29) is 12.4 Å². The van der Waals surface area contributed by atoms with E-state index in [1.165, 1.54) is 0 Å². The summed E-state index contributed by atoms with van der Waals surface area (Å²) in [5.74, 6) is 0. The molecule has 0 bridgehead atoms. The summed E-state index contributed by atoms with van der Waals surface area (Å²) in [6.45, 7) is 2.56. The van der Waals surface area contributed by atoms with E-state index < -0.39 is 0 Å². The Labute approximate surface area is 46.4 Å². The summed E-state index contributed by atoms with van der Waals surface area (Å²) in [7, 11) is 0. The molecule has 0 saturated heterocycles. The summed E-state index contributed by atoms with van der Waals surface area (Å²) < 4.78 is 4.23. The van der Waals surface area contributed by atoms with E-state index in [4.69, 9.17) is 0 Å². The zero-order valence-electron chi connectivity index (χ0n) is 2.86. The summed E-state index contributed by atoms with van der Waals surface area (Å²) in [5.41, 5.74) is 0. The van der Waals surface area contributed by atoms with Gasteiger partial charge in [0, 0.05) is 0 Å². The molecule has 1 nitrogen and oxygen atoms in total. The molecule has 0 aromatic rings. The smallest absolute Gasteiger partial charge is 0.147 e. The third-order valence-electron chi connectivity index (χ3n) is 0.0962. The van der Waals surface area contributed by atoms with Crippen molar-refractivity contribution < 1.29 is 19.9 Å². The maximum absolute atomic E-state index is 4.23. The monoisotopic (exact) mass is 140 g/mol. The minimum Gasteiger partial charge on any atom is -0.147 e. The molecule has 0 heterocycles. The number of rotatable bonds is 1.